The van der Waals surface area contributed by atoms with E-state index in [1.165, 1.54) is 21.9 Å². The summed E-state index contributed by atoms with van der Waals surface area (Å²) in [6.45, 7) is 4.71. The van der Waals surface area contributed by atoms with Crippen molar-refractivity contribution < 1.29 is 0 Å². The van der Waals surface area contributed by atoms with Gasteiger partial charge in [0.25, 0.3) is 0 Å². The molecule has 0 saturated heterocycles. The van der Waals surface area contributed by atoms with Gasteiger partial charge in [-0.15, -0.1) is 0 Å². The lowest BCUT2D eigenvalue weighted by Gasteiger charge is -2.32. The number of hydrogen-bond donors (Lipinski definition) is 2. The van der Waals surface area contributed by atoms with Crippen molar-refractivity contribution in [2.45, 2.75) is 18.9 Å². The second-order valence-corrected chi connectivity index (χ2v) is 13.1. The Kier molecular flexibility index (Phi) is 9.95. The monoisotopic (exact) mass is 684 g/mol. The molecule has 0 amide bonds. The Bertz CT molecular complexity index is 2410. The Morgan fingerprint density at radius 2 is 1.26 bits per heavy atom. The first kappa shape index (κ1) is 33.5. The average Bonchev–Trinajstić information content (AvgIpc) is 3.24. The number of fused-ring (bicyclic) bond motifs is 1. The van der Waals surface area contributed by atoms with Crippen molar-refractivity contribution >= 4 is 27.9 Å². The molecular weight excluding hydrogens is 645 g/mol. The van der Waals surface area contributed by atoms with Crippen molar-refractivity contribution in [2.24, 2.45) is 9.98 Å². The van der Waals surface area contributed by atoms with Gasteiger partial charge in [0, 0.05) is 5.56 Å². The van der Waals surface area contributed by atoms with Crippen LogP contribution < -0.4 is 10.6 Å². The zero-order valence-corrected chi connectivity index (χ0v) is 29.4. The maximum Gasteiger partial charge on any atom is 0.131 e. The van der Waals surface area contributed by atoms with E-state index in [2.05, 4.69) is 181 Å². The van der Waals surface area contributed by atoms with E-state index in [-0.39, 0.29) is 12.3 Å². The molecule has 2 N–H and O–H groups in total. The van der Waals surface area contributed by atoms with Gasteiger partial charge in [-0.3, -0.25) is 10.3 Å². The molecular formula is C49H40N4. The van der Waals surface area contributed by atoms with Crippen LogP contribution >= 0.6 is 0 Å². The second-order valence-electron chi connectivity index (χ2n) is 13.1. The minimum Gasteiger partial charge on any atom is -0.350 e. The van der Waals surface area contributed by atoms with Gasteiger partial charge < -0.3 is 5.32 Å². The van der Waals surface area contributed by atoms with Crippen LogP contribution in [0.2, 0.25) is 0 Å². The maximum absolute atomic E-state index is 5.20. The first-order chi connectivity index (χ1) is 26.2. The SMILES string of the molecule is C=C/C(=C\C(=N/Cc1ccccc1)c1ccc(-c2cccc3ccc(C4=NC(c5ccccc5)NC(c5ccccc5)N4)cc23)cc1)c1ccccc1. The van der Waals surface area contributed by atoms with Gasteiger partial charge >= 0.3 is 0 Å². The van der Waals surface area contributed by atoms with Crippen molar-refractivity contribution in [3.05, 3.63) is 234 Å². The summed E-state index contributed by atoms with van der Waals surface area (Å²) < 4.78 is 0. The van der Waals surface area contributed by atoms with Gasteiger partial charge in [0.15, 0.2) is 0 Å². The number of rotatable bonds is 10. The minimum absolute atomic E-state index is 0.0947. The zero-order valence-electron chi connectivity index (χ0n) is 29.4. The molecule has 4 heteroatoms. The summed E-state index contributed by atoms with van der Waals surface area (Å²) in [5, 5.41) is 9.75. The highest BCUT2D eigenvalue weighted by molar-refractivity contribution is 6.13. The molecule has 7 aromatic rings. The van der Waals surface area contributed by atoms with Crippen LogP contribution in [0.3, 0.4) is 0 Å². The molecule has 2 unspecified atom stereocenters. The van der Waals surface area contributed by atoms with Crippen LogP contribution in [-0.2, 0) is 6.54 Å². The maximum atomic E-state index is 5.20. The molecule has 1 aliphatic rings. The molecule has 7 aromatic carbocycles. The Morgan fingerprint density at radius 3 is 1.96 bits per heavy atom. The predicted octanol–water partition coefficient (Wildman–Crippen LogP) is 11.1. The summed E-state index contributed by atoms with van der Waals surface area (Å²) in [5.41, 5.74) is 10.9. The van der Waals surface area contributed by atoms with E-state index >= 15 is 0 Å². The van der Waals surface area contributed by atoms with Gasteiger partial charge in [-0.1, -0.05) is 189 Å². The smallest absolute Gasteiger partial charge is 0.131 e. The molecule has 1 aliphatic heterocycles. The largest absolute Gasteiger partial charge is 0.350 e. The molecule has 8 rings (SSSR count). The third-order valence-electron chi connectivity index (χ3n) is 9.65. The highest BCUT2D eigenvalue weighted by Gasteiger charge is 2.25. The lowest BCUT2D eigenvalue weighted by atomic mass is 9.94. The van der Waals surface area contributed by atoms with Gasteiger partial charge in [0.05, 0.1) is 12.3 Å². The Labute approximate surface area is 311 Å². The molecule has 0 aromatic heterocycles. The number of benzene rings is 7. The number of allylic oxidation sites excluding steroid dienone is 3. The standard InChI is InChI=1S/C49H40N4/c1-2-36(37-18-9-4-10-19-37)33-46(50-34-35-16-7-3-8-17-35)40-29-26-39(27-30-40)44-25-15-24-38-28-31-43(32-45(38)44)49-52-47(41-20-11-5-12-21-41)51-48(53-49)42-22-13-6-14-23-42/h2-33,47-48,51H,1,34H2,(H,52,53)/b36-33+,50-46+. The summed E-state index contributed by atoms with van der Waals surface area (Å²) in [6, 6.07) is 63.5. The van der Waals surface area contributed by atoms with Crippen LogP contribution in [0, 0.1) is 0 Å². The van der Waals surface area contributed by atoms with Crippen LogP contribution in [0.1, 0.15) is 45.7 Å². The van der Waals surface area contributed by atoms with Crippen molar-refractivity contribution in [1.82, 2.24) is 10.6 Å². The molecule has 0 spiro atoms. The summed E-state index contributed by atoms with van der Waals surface area (Å²) in [5.74, 6) is 0.862. The summed E-state index contributed by atoms with van der Waals surface area (Å²) >= 11 is 0. The Morgan fingerprint density at radius 1 is 0.623 bits per heavy atom. The van der Waals surface area contributed by atoms with Gasteiger partial charge in [-0.05, 0) is 67.4 Å². The molecule has 0 radical (unpaired) electrons. The van der Waals surface area contributed by atoms with E-state index in [1.807, 2.05) is 30.3 Å². The molecule has 0 saturated carbocycles. The van der Waals surface area contributed by atoms with Gasteiger partial charge in [0.1, 0.15) is 18.2 Å². The zero-order chi connectivity index (χ0) is 35.8. The fourth-order valence-corrected chi connectivity index (χ4v) is 6.84. The van der Waals surface area contributed by atoms with Crippen molar-refractivity contribution in [3.63, 3.8) is 0 Å². The first-order valence-corrected chi connectivity index (χ1v) is 18.0. The fraction of sp³-hybridized carbons (Fsp3) is 0.0612. The van der Waals surface area contributed by atoms with Crippen LogP contribution in [0.5, 0.6) is 0 Å². The molecule has 0 bridgehead atoms. The molecule has 1 heterocycles. The molecule has 4 nitrogen and oxygen atoms in total. The van der Waals surface area contributed by atoms with Crippen molar-refractivity contribution in [3.8, 4) is 11.1 Å². The van der Waals surface area contributed by atoms with E-state index in [0.29, 0.717) is 6.54 Å². The number of amidine groups is 1. The molecule has 256 valence electrons. The molecule has 2 atom stereocenters. The summed E-state index contributed by atoms with van der Waals surface area (Å²) in [6.07, 6.45) is 3.76. The van der Waals surface area contributed by atoms with Gasteiger partial charge in [-0.2, -0.15) is 0 Å². The molecule has 0 fully saturated rings. The lowest BCUT2D eigenvalue weighted by molar-refractivity contribution is 0.409. The third-order valence-corrected chi connectivity index (χ3v) is 9.65. The topological polar surface area (TPSA) is 48.8 Å². The minimum atomic E-state index is -0.188. The van der Waals surface area contributed by atoms with Crippen LogP contribution in [0.15, 0.2) is 211 Å². The number of aliphatic imine (C=N–C) groups is 2. The molecule has 0 aliphatic carbocycles. The third kappa shape index (κ3) is 7.69. The fourth-order valence-electron chi connectivity index (χ4n) is 6.84. The van der Waals surface area contributed by atoms with E-state index in [1.54, 1.807) is 0 Å². The second kappa shape index (κ2) is 15.7. The van der Waals surface area contributed by atoms with Gasteiger partial charge in [-0.25, -0.2) is 4.99 Å². The van der Waals surface area contributed by atoms with Crippen LogP contribution in [0.4, 0.5) is 0 Å². The summed E-state index contributed by atoms with van der Waals surface area (Å²) in [7, 11) is 0. The van der Waals surface area contributed by atoms with Crippen molar-refractivity contribution in [1.29, 1.82) is 0 Å². The predicted molar refractivity (Wildman–Crippen MR) is 222 cm³/mol. The lowest BCUT2D eigenvalue weighted by Crippen LogP contribution is -2.44. The molecule has 53 heavy (non-hydrogen) atoms. The Balaban J connectivity index is 1.15. The van der Waals surface area contributed by atoms with E-state index in [4.69, 9.17) is 9.98 Å². The van der Waals surface area contributed by atoms with Crippen molar-refractivity contribution in [2.75, 3.05) is 0 Å². The van der Waals surface area contributed by atoms with Gasteiger partial charge in [0.2, 0.25) is 0 Å². The van der Waals surface area contributed by atoms with Crippen LogP contribution in [0.25, 0.3) is 27.5 Å². The van der Waals surface area contributed by atoms with E-state index in [0.717, 1.165) is 50.5 Å². The Hall–Kier alpha value is -6.62. The highest BCUT2D eigenvalue weighted by Crippen LogP contribution is 2.32. The van der Waals surface area contributed by atoms with E-state index in [9.17, 15) is 0 Å². The first-order valence-electron chi connectivity index (χ1n) is 18.0. The highest BCUT2D eigenvalue weighted by atomic mass is 15.3. The van der Waals surface area contributed by atoms with E-state index < -0.39 is 0 Å². The number of nitrogens with one attached hydrogen (secondary N) is 2. The normalized spacial score (nSPS) is 16.1. The van der Waals surface area contributed by atoms with Crippen LogP contribution in [-0.4, -0.2) is 11.5 Å². The summed E-state index contributed by atoms with van der Waals surface area (Å²) in [4.78, 5) is 10.3. The average molecular weight is 685 g/mol. The quantitative estimate of drug-likeness (QED) is 0.111. The number of hydrogen-bond acceptors (Lipinski definition) is 4. The number of nitrogens with zero attached hydrogens (tertiary/aromatic N) is 2.